The number of rotatable bonds is 2. The molecule has 2 saturated heterocycles. The van der Waals surface area contributed by atoms with Crippen molar-refractivity contribution in [2.24, 2.45) is 11.3 Å². The largest absolute Gasteiger partial charge is 0.434 e. The van der Waals surface area contributed by atoms with Crippen molar-refractivity contribution in [3.8, 4) is 0 Å². The van der Waals surface area contributed by atoms with E-state index in [2.05, 4.69) is 18.8 Å². The van der Waals surface area contributed by atoms with Gasteiger partial charge < -0.3 is 14.0 Å². The number of hydrogen-bond donors (Lipinski definition) is 0. The third kappa shape index (κ3) is 2.90. The molecule has 0 aromatic carbocycles. The number of alkyl halides is 3. The molecule has 2 aromatic rings. The quantitative estimate of drug-likeness (QED) is 0.798. The summed E-state index contributed by atoms with van der Waals surface area (Å²) in [4.78, 5) is 18.7. The number of amides is 1. The normalized spacial score (nSPS) is 22.4. The Morgan fingerprint density at radius 2 is 2.04 bits per heavy atom. The first kappa shape index (κ1) is 18.3. The Morgan fingerprint density at radius 1 is 1.33 bits per heavy atom. The number of imidazole rings is 1. The molecule has 0 radical (unpaired) electrons. The number of likely N-dealkylation sites (tertiary alicyclic amines) is 1. The minimum atomic E-state index is -4.55. The minimum Gasteiger partial charge on any atom is -0.381 e. The lowest BCUT2D eigenvalue weighted by molar-refractivity contribution is -0.140. The number of nitrogens with zero attached hydrogens (tertiary/aromatic N) is 3. The van der Waals surface area contributed by atoms with Crippen LogP contribution in [-0.2, 0) is 10.9 Å². The minimum absolute atomic E-state index is 0.0465. The van der Waals surface area contributed by atoms with Crippen LogP contribution in [0.3, 0.4) is 0 Å². The number of aromatic nitrogens is 2. The maximum absolute atomic E-state index is 13.2. The van der Waals surface area contributed by atoms with Gasteiger partial charge >= 0.3 is 6.18 Å². The molecule has 4 heterocycles. The zero-order chi connectivity index (χ0) is 19.4. The van der Waals surface area contributed by atoms with E-state index < -0.39 is 11.9 Å². The Balaban J connectivity index is 1.68. The van der Waals surface area contributed by atoms with Crippen LogP contribution in [0.25, 0.3) is 5.65 Å². The van der Waals surface area contributed by atoms with Crippen molar-refractivity contribution in [2.75, 3.05) is 19.8 Å². The molecule has 1 atom stereocenters. The summed E-state index contributed by atoms with van der Waals surface area (Å²) in [5.41, 5.74) is -0.682. The Bertz CT molecular complexity index is 869. The molecule has 0 saturated carbocycles. The maximum atomic E-state index is 13.2. The summed E-state index contributed by atoms with van der Waals surface area (Å²) in [6.07, 6.45) is -0.334. The van der Waals surface area contributed by atoms with Crippen LogP contribution in [0.15, 0.2) is 24.5 Å². The number of halogens is 3. The molecule has 4 rings (SSSR count). The molecule has 2 aromatic heterocycles. The molecule has 2 aliphatic rings. The van der Waals surface area contributed by atoms with Crippen LogP contribution in [0, 0.1) is 11.3 Å². The van der Waals surface area contributed by atoms with E-state index in [1.807, 2.05) is 0 Å². The predicted octanol–water partition coefficient (Wildman–Crippen LogP) is 3.63. The summed E-state index contributed by atoms with van der Waals surface area (Å²) < 4.78 is 45.8. The summed E-state index contributed by atoms with van der Waals surface area (Å²) in [5.74, 6) is 0.00162. The summed E-state index contributed by atoms with van der Waals surface area (Å²) in [7, 11) is 0. The van der Waals surface area contributed by atoms with Gasteiger partial charge in [0.2, 0.25) is 0 Å². The third-order valence-electron chi connectivity index (χ3n) is 5.83. The van der Waals surface area contributed by atoms with E-state index in [1.54, 1.807) is 17.0 Å². The van der Waals surface area contributed by atoms with Crippen molar-refractivity contribution >= 4 is 11.6 Å². The van der Waals surface area contributed by atoms with E-state index in [-0.39, 0.29) is 34.5 Å². The SMILES string of the molecule is CC(C)C1N(C(=O)c2cccn3cc(C(F)(F)F)nc23)CC12CCOCC2. The van der Waals surface area contributed by atoms with Gasteiger partial charge in [-0.05, 0) is 30.9 Å². The first-order valence-corrected chi connectivity index (χ1v) is 9.17. The molecule has 0 aliphatic carbocycles. The van der Waals surface area contributed by atoms with Gasteiger partial charge in [-0.1, -0.05) is 13.8 Å². The average Bonchev–Trinajstić information content (AvgIpc) is 3.04. The van der Waals surface area contributed by atoms with Gasteiger partial charge in [-0.2, -0.15) is 13.2 Å². The van der Waals surface area contributed by atoms with Crippen molar-refractivity contribution in [2.45, 2.75) is 38.9 Å². The van der Waals surface area contributed by atoms with Crippen LogP contribution < -0.4 is 0 Å². The zero-order valence-corrected chi connectivity index (χ0v) is 15.3. The van der Waals surface area contributed by atoms with E-state index in [4.69, 9.17) is 4.74 Å². The predicted molar refractivity (Wildman–Crippen MR) is 92.3 cm³/mol. The molecule has 27 heavy (non-hydrogen) atoms. The van der Waals surface area contributed by atoms with E-state index in [1.165, 1.54) is 10.6 Å². The van der Waals surface area contributed by atoms with Gasteiger partial charge in [0.1, 0.15) is 5.65 Å². The van der Waals surface area contributed by atoms with Gasteiger partial charge in [0, 0.05) is 43.6 Å². The summed E-state index contributed by atoms with van der Waals surface area (Å²) >= 11 is 0. The summed E-state index contributed by atoms with van der Waals surface area (Å²) in [6, 6.07) is 3.19. The molecule has 8 heteroatoms. The van der Waals surface area contributed by atoms with Crippen LogP contribution in [-0.4, -0.2) is 46.0 Å². The standard InChI is InChI=1S/C19H22F3N3O2/c1-12(2)15-18(5-8-27-9-6-18)11-25(15)17(26)13-4-3-7-24-10-14(19(20,21)22)23-16(13)24/h3-4,7,10,12,15H,5-6,8-9,11H2,1-2H3. The fourth-order valence-electron chi connectivity index (χ4n) is 4.72. The second-order valence-corrected chi connectivity index (χ2v) is 7.87. The molecule has 2 aliphatic heterocycles. The molecule has 1 unspecified atom stereocenters. The molecular formula is C19H22F3N3O2. The van der Waals surface area contributed by atoms with Gasteiger partial charge in [-0.15, -0.1) is 0 Å². The van der Waals surface area contributed by atoms with Crippen LogP contribution >= 0.6 is 0 Å². The zero-order valence-electron chi connectivity index (χ0n) is 15.3. The lowest BCUT2D eigenvalue weighted by atomic mass is 9.62. The van der Waals surface area contributed by atoms with E-state index in [0.717, 1.165) is 19.0 Å². The second kappa shape index (κ2) is 6.22. The molecule has 0 bridgehead atoms. The molecule has 1 amide bonds. The molecule has 1 spiro atoms. The number of ether oxygens (including phenoxy) is 1. The smallest absolute Gasteiger partial charge is 0.381 e. The van der Waals surface area contributed by atoms with E-state index >= 15 is 0 Å². The number of hydrogen-bond acceptors (Lipinski definition) is 3. The van der Waals surface area contributed by atoms with Crippen molar-refractivity contribution in [3.05, 3.63) is 35.8 Å². The Kier molecular flexibility index (Phi) is 4.21. The fraction of sp³-hybridized carbons (Fsp3) is 0.579. The van der Waals surface area contributed by atoms with Crippen LogP contribution in [0.5, 0.6) is 0 Å². The van der Waals surface area contributed by atoms with Crippen LogP contribution in [0.4, 0.5) is 13.2 Å². The topological polar surface area (TPSA) is 46.8 Å². The van der Waals surface area contributed by atoms with Crippen LogP contribution in [0.2, 0.25) is 0 Å². The Morgan fingerprint density at radius 3 is 2.67 bits per heavy atom. The van der Waals surface area contributed by atoms with E-state index in [9.17, 15) is 18.0 Å². The molecule has 0 N–H and O–H groups in total. The highest BCUT2D eigenvalue weighted by molar-refractivity contribution is 6.00. The van der Waals surface area contributed by atoms with Gasteiger partial charge in [0.25, 0.3) is 5.91 Å². The van der Waals surface area contributed by atoms with E-state index in [0.29, 0.717) is 19.8 Å². The first-order chi connectivity index (χ1) is 12.7. The van der Waals surface area contributed by atoms with Crippen molar-refractivity contribution in [1.29, 1.82) is 0 Å². The second-order valence-electron chi connectivity index (χ2n) is 7.87. The van der Waals surface area contributed by atoms with Crippen molar-refractivity contribution in [1.82, 2.24) is 14.3 Å². The van der Waals surface area contributed by atoms with Gasteiger partial charge in [0.05, 0.1) is 5.56 Å². The molecule has 146 valence electrons. The van der Waals surface area contributed by atoms with Gasteiger partial charge in [-0.3, -0.25) is 4.79 Å². The monoisotopic (exact) mass is 381 g/mol. The van der Waals surface area contributed by atoms with Crippen molar-refractivity contribution in [3.63, 3.8) is 0 Å². The summed E-state index contributed by atoms with van der Waals surface area (Å²) in [5, 5.41) is 0. The van der Waals surface area contributed by atoms with Gasteiger partial charge in [0.15, 0.2) is 5.69 Å². The highest BCUT2D eigenvalue weighted by Gasteiger charge is 2.55. The number of carbonyl (C=O) groups excluding carboxylic acids is 1. The number of carbonyl (C=O) groups is 1. The number of fused-ring (bicyclic) bond motifs is 1. The Hall–Kier alpha value is -2.09. The third-order valence-corrected chi connectivity index (χ3v) is 5.83. The Labute approximate surface area is 155 Å². The fourth-order valence-corrected chi connectivity index (χ4v) is 4.72. The molecule has 5 nitrogen and oxygen atoms in total. The summed E-state index contributed by atoms with van der Waals surface area (Å²) in [6.45, 7) is 6.16. The lowest BCUT2D eigenvalue weighted by Crippen LogP contribution is -2.69. The lowest BCUT2D eigenvalue weighted by Gasteiger charge is -2.61. The van der Waals surface area contributed by atoms with Crippen LogP contribution in [0.1, 0.15) is 42.7 Å². The number of pyridine rings is 1. The highest BCUT2D eigenvalue weighted by Crippen LogP contribution is 2.49. The average molecular weight is 381 g/mol. The van der Waals surface area contributed by atoms with Gasteiger partial charge in [-0.25, -0.2) is 4.98 Å². The molecule has 2 fully saturated rings. The van der Waals surface area contributed by atoms with Crippen molar-refractivity contribution < 1.29 is 22.7 Å². The highest BCUT2D eigenvalue weighted by atomic mass is 19.4. The maximum Gasteiger partial charge on any atom is 0.434 e. The first-order valence-electron chi connectivity index (χ1n) is 9.17. The molecular weight excluding hydrogens is 359 g/mol.